The van der Waals surface area contributed by atoms with Crippen molar-refractivity contribution in [3.8, 4) is 11.5 Å². The van der Waals surface area contributed by atoms with E-state index in [2.05, 4.69) is 8.92 Å². The zero-order valence-corrected chi connectivity index (χ0v) is 13.6. The van der Waals surface area contributed by atoms with E-state index in [4.69, 9.17) is 4.74 Å². The molecule has 0 N–H and O–H groups in total. The largest absolute Gasteiger partial charge is 0.534 e. The lowest BCUT2D eigenvalue weighted by Gasteiger charge is -2.13. The summed E-state index contributed by atoms with van der Waals surface area (Å²) in [5.41, 5.74) is -5.66. The van der Waals surface area contributed by atoms with Crippen LogP contribution in [-0.4, -0.2) is 33.1 Å². The number of hydrogen-bond acceptors (Lipinski definition) is 6. The van der Waals surface area contributed by atoms with E-state index >= 15 is 0 Å². The molecule has 0 aliphatic heterocycles. The van der Waals surface area contributed by atoms with Gasteiger partial charge >= 0.3 is 21.6 Å². The molecule has 0 unspecified atom stereocenters. The predicted octanol–water partition coefficient (Wildman–Crippen LogP) is 2.89. The van der Waals surface area contributed by atoms with Gasteiger partial charge in [0.05, 0.1) is 13.2 Å². The lowest BCUT2D eigenvalue weighted by Crippen LogP contribution is -2.28. The van der Waals surface area contributed by atoms with Gasteiger partial charge in [-0.05, 0) is 32.1 Å². The summed E-state index contributed by atoms with van der Waals surface area (Å²) in [7, 11) is -5.86. The third kappa shape index (κ3) is 5.44. The quantitative estimate of drug-likeness (QED) is 0.319. The Morgan fingerprint density at radius 1 is 1.21 bits per heavy atom. The van der Waals surface area contributed by atoms with Crippen LogP contribution in [0.3, 0.4) is 0 Å². The Labute approximate surface area is 136 Å². The standard InChI is InChI=1S/C14H15F3O6S/c1-3-21-11-7-5-10(6-8-13(18)22-4-2)12(9-11)23-24(19,20)14(15,16)17/h5-9H,3-4H2,1-2H3/b8-6+. The molecule has 0 aliphatic rings. The molecule has 0 aliphatic carbocycles. The van der Waals surface area contributed by atoms with Gasteiger partial charge in [-0.1, -0.05) is 0 Å². The summed E-state index contributed by atoms with van der Waals surface area (Å²) < 4.78 is 73.7. The number of hydrogen-bond donors (Lipinski definition) is 0. The number of benzene rings is 1. The molecule has 6 nitrogen and oxygen atoms in total. The van der Waals surface area contributed by atoms with Gasteiger partial charge in [-0.2, -0.15) is 21.6 Å². The zero-order valence-electron chi connectivity index (χ0n) is 12.8. The Balaban J connectivity index is 3.22. The van der Waals surface area contributed by atoms with Crippen LogP contribution in [0.25, 0.3) is 6.08 Å². The molecule has 0 spiro atoms. The van der Waals surface area contributed by atoms with Gasteiger partial charge < -0.3 is 13.7 Å². The van der Waals surface area contributed by atoms with E-state index in [1.54, 1.807) is 13.8 Å². The molecule has 1 rings (SSSR count). The molecule has 0 amide bonds. The van der Waals surface area contributed by atoms with Crippen LogP contribution >= 0.6 is 0 Å². The molecular formula is C14H15F3O6S. The monoisotopic (exact) mass is 368 g/mol. The normalized spacial score (nSPS) is 12.2. The SMILES string of the molecule is CCOC(=O)/C=C/c1ccc(OCC)cc1OS(=O)(=O)C(F)(F)F. The molecule has 24 heavy (non-hydrogen) atoms. The van der Waals surface area contributed by atoms with Gasteiger partial charge in [0.1, 0.15) is 5.75 Å². The predicted molar refractivity (Wildman–Crippen MR) is 78.9 cm³/mol. The smallest absolute Gasteiger partial charge is 0.494 e. The second-order valence-electron chi connectivity index (χ2n) is 4.20. The summed E-state index contributed by atoms with van der Waals surface area (Å²) in [6.07, 6.45) is 2.02. The second-order valence-corrected chi connectivity index (χ2v) is 5.74. The second kappa shape index (κ2) is 8.04. The highest BCUT2D eigenvalue weighted by Crippen LogP contribution is 2.32. The molecule has 1 aromatic rings. The number of esters is 1. The first-order valence-corrected chi connectivity index (χ1v) is 8.14. The molecule has 0 saturated heterocycles. The number of carbonyl (C=O) groups is 1. The van der Waals surface area contributed by atoms with Crippen LogP contribution in [0, 0.1) is 0 Å². The molecule has 10 heteroatoms. The van der Waals surface area contributed by atoms with Crippen LogP contribution in [0.1, 0.15) is 19.4 Å². The zero-order chi connectivity index (χ0) is 18.4. The lowest BCUT2D eigenvalue weighted by atomic mass is 10.2. The Hall–Kier alpha value is -2.23. The van der Waals surface area contributed by atoms with Gasteiger partial charge in [0.15, 0.2) is 5.75 Å². The van der Waals surface area contributed by atoms with E-state index in [9.17, 15) is 26.4 Å². The topological polar surface area (TPSA) is 78.9 Å². The summed E-state index contributed by atoms with van der Waals surface area (Å²) in [4.78, 5) is 11.3. The van der Waals surface area contributed by atoms with Gasteiger partial charge in [-0.15, -0.1) is 0 Å². The molecular weight excluding hydrogens is 353 g/mol. The first-order valence-electron chi connectivity index (χ1n) is 6.73. The number of ether oxygens (including phenoxy) is 2. The third-order valence-corrected chi connectivity index (χ3v) is 3.43. The molecule has 0 fully saturated rings. The van der Waals surface area contributed by atoms with E-state index in [1.165, 1.54) is 12.1 Å². The minimum absolute atomic E-state index is 0.0701. The van der Waals surface area contributed by atoms with Crippen molar-refractivity contribution in [1.29, 1.82) is 0 Å². The fraction of sp³-hybridized carbons (Fsp3) is 0.357. The Kier molecular flexibility index (Phi) is 6.64. The van der Waals surface area contributed by atoms with E-state index in [1.807, 2.05) is 0 Å². The highest BCUT2D eigenvalue weighted by molar-refractivity contribution is 7.88. The van der Waals surface area contributed by atoms with Gasteiger partial charge in [0.25, 0.3) is 0 Å². The molecule has 0 radical (unpaired) electrons. The van der Waals surface area contributed by atoms with Gasteiger partial charge in [0, 0.05) is 17.7 Å². The van der Waals surface area contributed by atoms with Crippen LogP contribution in [0.2, 0.25) is 0 Å². The highest BCUT2D eigenvalue weighted by Gasteiger charge is 2.48. The van der Waals surface area contributed by atoms with Gasteiger partial charge in [0.2, 0.25) is 0 Å². The number of carbonyl (C=O) groups excluding carboxylic acids is 1. The summed E-state index contributed by atoms with van der Waals surface area (Å²) in [6, 6.07) is 3.63. The average molecular weight is 368 g/mol. The number of rotatable bonds is 7. The van der Waals surface area contributed by atoms with Crippen molar-refractivity contribution in [2.45, 2.75) is 19.4 Å². The van der Waals surface area contributed by atoms with Crippen LogP contribution in [0.4, 0.5) is 13.2 Å². The van der Waals surface area contributed by atoms with Gasteiger partial charge in [-0.3, -0.25) is 0 Å². The fourth-order valence-corrected chi connectivity index (χ4v) is 1.97. The summed E-state index contributed by atoms with van der Waals surface area (Å²) in [5.74, 6) is -1.26. The maximum Gasteiger partial charge on any atom is 0.534 e. The minimum atomic E-state index is -5.86. The van der Waals surface area contributed by atoms with E-state index in [-0.39, 0.29) is 24.5 Å². The van der Waals surface area contributed by atoms with Crippen molar-refractivity contribution in [1.82, 2.24) is 0 Å². The molecule has 0 saturated carbocycles. The summed E-state index contributed by atoms with van der Waals surface area (Å²) in [5, 5.41) is 0. The van der Waals surface area contributed by atoms with E-state index in [0.29, 0.717) is 0 Å². The molecule has 134 valence electrons. The van der Waals surface area contributed by atoms with Crippen molar-refractivity contribution in [3.63, 3.8) is 0 Å². The summed E-state index contributed by atoms with van der Waals surface area (Å²) in [6.45, 7) is 3.54. The molecule has 0 bridgehead atoms. The molecule has 0 aromatic heterocycles. The third-order valence-electron chi connectivity index (χ3n) is 2.46. The molecule has 0 heterocycles. The molecule has 0 atom stereocenters. The van der Waals surface area contributed by atoms with Crippen molar-refractivity contribution in [2.75, 3.05) is 13.2 Å². The van der Waals surface area contributed by atoms with Crippen LogP contribution in [0.15, 0.2) is 24.3 Å². The van der Waals surface area contributed by atoms with Crippen molar-refractivity contribution < 1.29 is 40.0 Å². The maximum atomic E-state index is 12.5. The first-order chi connectivity index (χ1) is 11.1. The maximum absolute atomic E-state index is 12.5. The van der Waals surface area contributed by atoms with Crippen molar-refractivity contribution >= 4 is 22.2 Å². The lowest BCUT2D eigenvalue weighted by molar-refractivity contribution is -0.137. The van der Waals surface area contributed by atoms with Crippen LogP contribution in [-0.2, 0) is 19.6 Å². The van der Waals surface area contributed by atoms with Crippen LogP contribution in [0.5, 0.6) is 11.5 Å². The number of alkyl halides is 3. The minimum Gasteiger partial charge on any atom is -0.494 e. The van der Waals surface area contributed by atoms with Gasteiger partial charge in [-0.25, -0.2) is 4.79 Å². The average Bonchev–Trinajstić information content (AvgIpc) is 2.45. The first kappa shape index (κ1) is 19.8. The van der Waals surface area contributed by atoms with Crippen molar-refractivity contribution in [2.24, 2.45) is 0 Å². The highest BCUT2D eigenvalue weighted by atomic mass is 32.2. The van der Waals surface area contributed by atoms with Crippen LogP contribution < -0.4 is 8.92 Å². The Morgan fingerprint density at radius 3 is 2.42 bits per heavy atom. The Morgan fingerprint density at radius 2 is 1.88 bits per heavy atom. The Bertz CT molecular complexity index is 710. The van der Waals surface area contributed by atoms with Crippen molar-refractivity contribution in [3.05, 3.63) is 29.8 Å². The number of halogens is 3. The van der Waals surface area contributed by atoms with E-state index < -0.39 is 27.3 Å². The molecule has 1 aromatic carbocycles. The van der Waals surface area contributed by atoms with E-state index in [0.717, 1.165) is 18.2 Å². The fourth-order valence-electron chi connectivity index (χ4n) is 1.49. The summed E-state index contributed by atoms with van der Waals surface area (Å²) >= 11 is 0.